The molecule has 0 aliphatic carbocycles. The van der Waals surface area contributed by atoms with Crippen LogP contribution in [-0.2, 0) is 4.79 Å². The number of Topliss-reactive ketones (excluding diaryl/α,β-unsaturated/α-hetero) is 2. The lowest BCUT2D eigenvalue weighted by Gasteiger charge is -2.01. The van der Waals surface area contributed by atoms with Crippen LogP contribution >= 0.6 is 0 Å². The first-order valence-electron chi connectivity index (χ1n) is 3.91. The topological polar surface area (TPSA) is 71.4 Å². The highest BCUT2D eigenvalue weighted by molar-refractivity contribution is 6.41. The normalized spacial score (nSPS) is 9.50. The minimum atomic E-state index is -1.56. The van der Waals surface area contributed by atoms with Crippen molar-refractivity contribution >= 4 is 17.5 Å². The summed E-state index contributed by atoms with van der Waals surface area (Å²) >= 11 is 0. The van der Waals surface area contributed by atoms with Gasteiger partial charge >= 0.3 is 5.97 Å². The lowest BCUT2D eigenvalue weighted by molar-refractivity contribution is -0.131. The monoisotopic (exact) mass is 192 g/mol. The zero-order valence-corrected chi connectivity index (χ0v) is 7.48. The fraction of sp³-hybridized carbons (Fsp3) is 0.100. The minimum absolute atomic E-state index is 0.0625. The summed E-state index contributed by atoms with van der Waals surface area (Å²) < 4.78 is 0. The van der Waals surface area contributed by atoms with Crippen LogP contribution < -0.4 is 0 Å². The van der Waals surface area contributed by atoms with Crippen molar-refractivity contribution in [1.29, 1.82) is 0 Å². The molecule has 0 aromatic heterocycles. The Labute approximate surface area is 80.2 Å². The van der Waals surface area contributed by atoms with Crippen LogP contribution in [0.2, 0.25) is 0 Å². The number of benzene rings is 1. The van der Waals surface area contributed by atoms with Crippen LogP contribution in [0.4, 0.5) is 0 Å². The third-order valence-electron chi connectivity index (χ3n) is 1.75. The molecule has 0 aliphatic rings. The summed E-state index contributed by atoms with van der Waals surface area (Å²) in [4.78, 5) is 32.6. The van der Waals surface area contributed by atoms with Crippen molar-refractivity contribution in [3.8, 4) is 0 Å². The molecule has 4 nitrogen and oxygen atoms in total. The smallest absolute Gasteiger partial charge is 0.377 e. The molecular weight excluding hydrogens is 184 g/mol. The third kappa shape index (κ3) is 1.85. The largest absolute Gasteiger partial charge is 0.475 e. The third-order valence-corrected chi connectivity index (χ3v) is 1.75. The van der Waals surface area contributed by atoms with Gasteiger partial charge in [0.15, 0.2) is 5.78 Å². The molecule has 0 radical (unpaired) electrons. The highest BCUT2D eigenvalue weighted by Gasteiger charge is 2.19. The molecule has 0 aliphatic heterocycles. The fourth-order valence-corrected chi connectivity index (χ4v) is 1.10. The van der Waals surface area contributed by atoms with Gasteiger partial charge in [0.05, 0.1) is 0 Å². The van der Waals surface area contributed by atoms with E-state index >= 15 is 0 Å². The Morgan fingerprint density at radius 3 is 2.00 bits per heavy atom. The first kappa shape index (κ1) is 10.1. The second-order valence-electron chi connectivity index (χ2n) is 2.74. The Morgan fingerprint density at radius 1 is 1.07 bits per heavy atom. The molecule has 1 aromatic carbocycles. The van der Waals surface area contributed by atoms with Crippen molar-refractivity contribution in [3.63, 3.8) is 0 Å². The van der Waals surface area contributed by atoms with Crippen LogP contribution in [0.1, 0.15) is 27.6 Å². The van der Waals surface area contributed by atoms with Gasteiger partial charge in [-0.3, -0.25) is 9.59 Å². The molecule has 0 atom stereocenters. The number of hydrogen-bond acceptors (Lipinski definition) is 3. The average molecular weight is 192 g/mol. The molecule has 0 saturated carbocycles. The minimum Gasteiger partial charge on any atom is -0.475 e. The van der Waals surface area contributed by atoms with Gasteiger partial charge in [0.1, 0.15) is 0 Å². The number of carboxylic acid groups (broad SMARTS) is 1. The van der Waals surface area contributed by atoms with Gasteiger partial charge < -0.3 is 5.11 Å². The standard InChI is InChI=1S/C10H8O4/c1-6(11)7-4-2-3-5-8(7)9(12)10(13)14/h2-5H,1H3,(H,13,14). The Morgan fingerprint density at radius 2 is 1.57 bits per heavy atom. The number of carboxylic acids is 1. The molecule has 1 rings (SSSR count). The molecule has 0 amide bonds. The maximum Gasteiger partial charge on any atom is 0.377 e. The number of carbonyl (C=O) groups excluding carboxylic acids is 2. The van der Waals surface area contributed by atoms with E-state index in [-0.39, 0.29) is 16.9 Å². The van der Waals surface area contributed by atoms with E-state index in [0.29, 0.717) is 0 Å². The molecule has 0 spiro atoms. The summed E-state index contributed by atoms with van der Waals surface area (Å²) in [5, 5.41) is 8.48. The van der Waals surface area contributed by atoms with Crippen molar-refractivity contribution in [2.45, 2.75) is 6.92 Å². The molecule has 0 saturated heterocycles. The van der Waals surface area contributed by atoms with Crippen LogP contribution in [0.3, 0.4) is 0 Å². The summed E-state index contributed by atoms with van der Waals surface area (Å²) in [7, 11) is 0. The van der Waals surface area contributed by atoms with E-state index in [2.05, 4.69) is 0 Å². The van der Waals surface area contributed by atoms with Crippen molar-refractivity contribution in [3.05, 3.63) is 35.4 Å². The zero-order chi connectivity index (χ0) is 10.7. The number of ketones is 2. The Balaban J connectivity index is 3.27. The molecule has 0 fully saturated rings. The molecule has 1 aromatic rings. The van der Waals surface area contributed by atoms with E-state index in [1.54, 1.807) is 6.07 Å². The van der Waals surface area contributed by atoms with Gasteiger partial charge in [-0.2, -0.15) is 0 Å². The predicted octanol–water partition coefficient (Wildman–Crippen LogP) is 1.16. The van der Waals surface area contributed by atoms with Crippen molar-refractivity contribution in [2.24, 2.45) is 0 Å². The molecule has 0 unspecified atom stereocenters. The van der Waals surface area contributed by atoms with Crippen LogP contribution in [0.15, 0.2) is 24.3 Å². The second-order valence-corrected chi connectivity index (χ2v) is 2.74. The number of rotatable bonds is 3. The van der Waals surface area contributed by atoms with Crippen molar-refractivity contribution in [2.75, 3.05) is 0 Å². The van der Waals surface area contributed by atoms with Gasteiger partial charge in [0.25, 0.3) is 5.78 Å². The summed E-state index contributed by atoms with van der Waals surface area (Å²) in [5.74, 6) is -2.94. The highest BCUT2D eigenvalue weighted by atomic mass is 16.4. The van der Waals surface area contributed by atoms with Gasteiger partial charge in [-0.05, 0) is 6.92 Å². The maximum atomic E-state index is 11.1. The van der Waals surface area contributed by atoms with E-state index in [0.717, 1.165) is 0 Å². The molecule has 14 heavy (non-hydrogen) atoms. The average Bonchev–Trinajstić information content (AvgIpc) is 2.16. The van der Waals surface area contributed by atoms with E-state index in [1.807, 2.05) is 0 Å². The second kappa shape index (κ2) is 3.83. The lowest BCUT2D eigenvalue weighted by Crippen LogP contribution is -2.16. The first-order valence-corrected chi connectivity index (χ1v) is 3.91. The van der Waals surface area contributed by atoms with Crippen LogP contribution in [0.5, 0.6) is 0 Å². The lowest BCUT2D eigenvalue weighted by atomic mass is 10.0. The molecular formula is C10H8O4. The predicted molar refractivity (Wildman–Crippen MR) is 48.4 cm³/mol. The Hall–Kier alpha value is -1.97. The zero-order valence-electron chi connectivity index (χ0n) is 7.48. The number of carbonyl (C=O) groups is 3. The first-order chi connectivity index (χ1) is 6.54. The van der Waals surface area contributed by atoms with Crippen molar-refractivity contribution in [1.82, 2.24) is 0 Å². The quantitative estimate of drug-likeness (QED) is 0.576. The van der Waals surface area contributed by atoms with Crippen LogP contribution in [0, 0.1) is 0 Å². The summed E-state index contributed by atoms with van der Waals surface area (Å²) in [6.07, 6.45) is 0. The van der Waals surface area contributed by atoms with Gasteiger partial charge in [-0.25, -0.2) is 4.79 Å². The summed E-state index contributed by atoms with van der Waals surface area (Å²) in [6, 6.07) is 5.85. The van der Waals surface area contributed by atoms with Gasteiger partial charge in [-0.1, -0.05) is 24.3 Å². The number of hydrogen-bond donors (Lipinski definition) is 1. The Kier molecular flexibility index (Phi) is 2.76. The van der Waals surface area contributed by atoms with Gasteiger partial charge in [0, 0.05) is 11.1 Å². The van der Waals surface area contributed by atoms with E-state index in [1.165, 1.54) is 25.1 Å². The van der Waals surface area contributed by atoms with Gasteiger partial charge in [0.2, 0.25) is 0 Å². The van der Waals surface area contributed by atoms with Crippen molar-refractivity contribution < 1.29 is 19.5 Å². The molecule has 4 heteroatoms. The van der Waals surface area contributed by atoms with E-state index in [9.17, 15) is 14.4 Å². The SMILES string of the molecule is CC(=O)c1ccccc1C(=O)C(=O)O. The van der Waals surface area contributed by atoms with E-state index in [4.69, 9.17) is 5.11 Å². The fourth-order valence-electron chi connectivity index (χ4n) is 1.10. The van der Waals surface area contributed by atoms with E-state index < -0.39 is 11.8 Å². The van der Waals surface area contributed by atoms with Gasteiger partial charge in [-0.15, -0.1) is 0 Å². The van der Waals surface area contributed by atoms with Crippen LogP contribution in [-0.4, -0.2) is 22.6 Å². The number of aliphatic carboxylic acids is 1. The molecule has 0 heterocycles. The highest BCUT2D eigenvalue weighted by Crippen LogP contribution is 2.10. The molecule has 72 valence electrons. The summed E-state index contributed by atoms with van der Waals surface area (Å²) in [6.45, 7) is 1.29. The van der Waals surface area contributed by atoms with Crippen LogP contribution in [0.25, 0.3) is 0 Å². The maximum absolute atomic E-state index is 11.1. The molecule has 0 bridgehead atoms. The summed E-state index contributed by atoms with van der Waals surface area (Å²) in [5.41, 5.74) is 0.0763. The molecule has 1 N–H and O–H groups in total. The Bertz CT molecular complexity index is 406.